The Morgan fingerprint density at radius 3 is 2.35 bits per heavy atom. The molecule has 2 nitrogen and oxygen atoms in total. The molecular formula is C12H16F3NO. The molecule has 0 heterocycles. The predicted octanol–water partition coefficient (Wildman–Crippen LogP) is 2.21. The molecule has 96 valence electrons. The maximum absolute atomic E-state index is 12.9. The second-order valence-electron chi connectivity index (χ2n) is 4.12. The molecule has 1 aromatic carbocycles. The third-order valence-corrected chi connectivity index (χ3v) is 2.49. The minimum Gasteiger partial charge on any atom is -0.396 e. The lowest BCUT2D eigenvalue weighted by Gasteiger charge is -2.11. The molecule has 5 heteroatoms. The molecule has 0 amide bonds. The second kappa shape index (κ2) is 6.61. The summed E-state index contributed by atoms with van der Waals surface area (Å²) in [4.78, 5) is 0. The highest BCUT2D eigenvalue weighted by molar-refractivity contribution is 5.19. The number of benzene rings is 1. The smallest absolute Gasteiger partial charge is 0.194 e. The van der Waals surface area contributed by atoms with Gasteiger partial charge in [0.1, 0.15) is 0 Å². The number of nitrogens with one attached hydrogen (secondary N) is 1. The largest absolute Gasteiger partial charge is 0.396 e. The maximum atomic E-state index is 12.9. The van der Waals surface area contributed by atoms with Gasteiger partial charge in [0, 0.05) is 13.2 Å². The quantitative estimate of drug-likeness (QED) is 0.755. The summed E-state index contributed by atoms with van der Waals surface area (Å²) in [6, 6.07) is 1.95. The van der Waals surface area contributed by atoms with Crippen LogP contribution in [0.4, 0.5) is 13.2 Å². The summed E-state index contributed by atoms with van der Waals surface area (Å²) in [6.45, 7) is 2.96. The fourth-order valence-corrected chi connectivity index (χ4v) is 1.50. The van der Waals surface area contributed by atoms with E-state index in [2.05, 4.69) is 5.32 Å². The monoisotopic (exact) mass is 247 g/mol. The van der Waals surface area contributed by atoms with Gasteiger partial charge >= 0.3 is 0 Å². The van der Waals surface area contributed by atoms with Crippen molar-refractivity contribution in [3.05, 3.63) is 35.1 Å². The van der Waals surface area contributed by atoms with Gasteiger partial charge in [0.25, 0.3) is 0 Å². The number of aliphatic hydroxyl groups is 1. The van der Waals surface area contributed by atoms with E-state index in [0.717, 1.165) is 12.1 Å². The van der Waals surface area contributed by atoms with Crippen LogP contribution in [0.1, 0.15) is 18.9 Å². The van der Waals surface area contributed by atoms with Crippen molar-refractivity contribution in [2.75, 3.05) is 13.2 Å². The average Bonchev–Trinajstić information content (AvgIpc) is 2.26. The van der Waals surface area contributed by atoms with E-state index >= 15 is 0 Å². The van der Waals surface area contributed by atoms with Gasteiger partial charge in [-0.3, -0.25) is 0 Å². The van der Waals surface area contributed by atoms with Crippen LogP contribution < -0.4 is 5.32 Å². The molecule has 0 fully saturated rings. The van der Waals surface area contributed by atoms with E-state index in [0.29, 0.717) is 18.5 Å². The normalized spacial score (nSPS) is 12.8. The van der Waals surface area contributed by atoms with Gasteiger partial charge in [-0.15, -0.1) is 0 Å². The van der Waals surface area contributed by atoms with Crippen LogP contribution in [-0.4, -0.2) is 18.3 Å². The zero-order valence-corrected chi connectivity index (χ0v) is 9.64. The van der Waals surface area contributed by atoms with Crippen LogP contribution in [0.3, 0.4) is 0 Å². The Labute approximate surface area is 98.5 Å². The van der Waals surface area contributed by atoms with Crippen LogP contribution in [-0.2, 0) is 6.54 Å². The highest BCUT2D eigenvalue weighted by atomic mass is 19.2. The van der Waals surface area contributed by atoms with Crippen LogP contribution in [0.2, 0.25) is 0 Å². The Bertz CT molecular complexity index is 348. The van der Waals surface area contributed by atoms with Crippen LogP contribution in [0, 0.1) is 23.4 Å². The molecule has 0 aromatic heterocycles. The summed E-state index contributed by atoms with van der Waals surface area (Å²) >= 11 is 0. The van der Waals surface area contributed by atoms with E-state index in [-0.39, 0.29) is 19.1 Å². The molecule has 1 aromatic rings. The summed E-state index contributed by atoms with van der Waals surface area (Å²) in [5.41, 5.74) is 0.359. The fraction of sp³-hybridized carbons (Fsp3) is 0.500. The van der Waals surface area contributed by atoms with Crippen molar-refractivity contribution in [1.82, 2.24) is 5.32 Å². The Hall–Kier alpha value is -1.07. The van der Waals surface area contributed by atoms with Crippen molar-refractivity contribution in [3.63, 3.8) is 0 Å². The van der Waals surface area contributed by atoms with Gasteiger partial charge in [-0.05, 0) is 36.6 Å². The lowest BCUT2D eigenvalue weighted by atomic mass is 10.1. The van der Waals surface area contributed by atoms with E-state index in [1.54, 1.807) is 0 Å². The molecular weight excluding hydrogens is 231 g/mol. The lowest BCUT2D eigenvalue weighted by molar-refractivity contribution is 0.260. The number of hydrogen-bond acceptors (Lipinski definition) is 2. The Balaban J connectivity index is 2.47. The summed E-state index contributed by atoms with van der Waals surface area (Å²) in [7, 11) is 0. The van der Waals surface area contributed by atoms with Crippen molar-refractivity contribution in [2.45, 2.75) is 19.9 Å². The minimum absolute atomic E-state index is 0.114. The maximum Gasteiger partial charge on any atom is 0.194 e. The third-order valence-electron chi connectivity index (χ3n) is 2.49. The molecule has 1 atom stereocenters. The first-order chi connectivity index (χ1) is 8.04. The summed E-state index contributed by atoms with van der Waals surface area (Å²) < 4.78 is 38.4. The Kier molecular flexibility index (Phi) is 5.44. The SMILES string of the molecule is CC(CCO)CNCc1cc(F)c(F)c(F)c1. The van der Waals surface area contributed by atoms with Crippen molar-refractivity contribution < 1.29 is 18.3 Å². The first-order valence-electron chi connectivity index (χ1n) is 5.49. The zero-order valence-electron chi connectivity index (χ0n) is 9.64. The van der Waals surface area contributed by atoms with Crippen molar-refractivity contribution in [1.29, 1.82) is 0 Å². The number of rotatable bonds is 6. The predicted molar refractivity (Wildman–Crippen MR) is 58.9 cm³/mol. The number of halogens is 3. The summed E-state index contributed by atoms with van der Waals surface area (Å²) in [5.74, 6) is -3.52. The molecule has 2 N–H and O–H groups in total. The first-order valence-corrected chi connectivity index (χ1v) is 5.49. The molecule has 0 bridgehead atoms. The molecule has 0 aliphatic rings. The zero-order chi connectivity index (χ0) is 12.8. The average molecular weight is 247 g/mol. The molecule has 0 saturated heterocycles. The molecule has 0 aliphatic carbocycles. The standard InChI is InChI=1S/C12H16F3NO/c1-8(2-3-17)6-16-7-9-4-10(13)12(15)11(14)5-9/h4-5,8,16-17H,2-3,6-7H2,1H3. The highest BCUT2D eigenvalue weighted by Gasteiger charge is 2.10. The Morgan fingerprint density at radius 2 is 1.82 bits per heavy atom. The van der Waals surface area contributed by atoms with Crippen molar-refractivity contribution in [2.24, 2.45) is 5.92 Å². The second-order valence-corrected chi connectivity index (χ2v) is 4.12. The number of hydrogen-bond donors (Lipinski definition) is 2. The van der Waals surface area contributed by atoms with Crippen LogP contribution in [0.25, 0.3) is 0 Å². The van der Waals surface area contributed by atoms with E-state index < -0.39 is 17.5 Å². The van der Waals surface area contributed by atoms with E-state index in [9.17, 15) is 13.2 Å². The molecule has 1 unspecified atom stereocenters. The first kappa shape index (κ1) is 14.0. The molecule has 17 heavy (non-hydrogen) atoms. The van der Waals surface area contributed by atoms with Gasteiger partial charge < -0.3 is 10.4 Å². The molecule has 1 rings (SSSR count). The van der Waals surface area contributed by atoms with Gasteiger partial charge in [0.05, 0.1) is 0 Å². The summed E-state index contributed by atoms with van der Waals surface area (Å²) in [5, 5.41) is 11.7. The third kappa shape index (κ3) is 4.36. The van der Waals surface area contributed by atoms with E-state index in [4.69, 9.17) is 5.11 Å². The molecule has 0 spiro atoms. The Morgan fingerprint density at radius 1 is 1.24 bits per heavy atom. The fourth-order valence-electron chi connectivity index (χ4n) is 1.50. The molecule has 0 saturated carbocycles. The number of aliphatic hydroxyl groups excluding tert-OH is 1. The highest BCUT2D eigenvalue weighted by Crippen LogP contribution is 2.13. The lowest BCUT2D eigenvalue weighted by Crippen LogP contribution is -2.21. The van der Waals surface area contributed by atoms with Gasteiger partial charge in [-0.25, -0.2) is 13.2 Å². The van der Waals surface area contributed by atoms with Gasteiger partial charge in [0.2, 0.25) is 0 Å². The van der Waals surface area contributed by atoms with Crippen molar-refractivity contribution in [3.8, 4) is 0 Å². The van der Waals surface area contributed by atoms with Crippen molar-refractivity contribution >= 4 is 0 Å². The van der Waals surface area contributed by atoms with E-state index in [1.807, 2.05) is 6.92 Å². The van der Waals surface area contributed by atoms with Crippen LogP contribution >= 0.6 is 0 Å². The van der Waals surface area contributed by atoms with E-state index in [1.165, 1.54) is 0 Å². The minimum atomic E-state index is -1.44. The summed E-state index contributed by atoms with van der Waals surface area (Å²) in [6.07, 6.45) is 0.666. The molecule has 0 radical (unpaired) electrons. The van der Waals surface area contributed by atoms with Gasteiger partial charge in [-0.1, -0.05) is 6.92 Å². The van der Waals surface area contributed by atoms with Gasteiger partial charge in [0.15, 0.2) is 17.5 Å². The topological polar surface area (TPSA) is 32.3 Å². The molecule has 0 aliphatic heterocycles. The van der Waals surface area contributed by atoms with Crippen LogP contribution in [0.5, 0.6) is 0 Å². The van der Waals surface area contributed by atoms with Gasteiger partial charge in [-0.2, -0.15) is 0 Å². The van der Waals surface area contributed by atoms with Crippen LogP contribution in [0.15, 0.2) is 12.1 Å².